The number of amides is 2. The van der Waals surface area contributed by atoms with E-state index in [2.05, 4.69) is 15.4 Å². The normalized spacial score (nSPS) is 13.3. The van der Waals surface area contributed by atoms with Crippen LogP contribution in [-0.4, -0.2) is 60.1 Å². The SMILES string of the molecule is CC(C)CC(NC(=O)C(CCCNS(=O)(=O)c1ccccc1)SSc1ccccc1[N+](=O)[O-])C(=O)N[C@@H](Cc1ccccc1)C(=O)O. The second kappa shape index (κ2) is 18.4. The second-order valence-corrected chi connectivity index (χ2v) is 15.2. The van der Waals surface area contributed by atoms with Gasteiger partial charge in [-0.15, -0.1) is 0 Å². The van der Waals surface area contributed by atoms with Gasteiger partial charge in [-0.3, -0.25) is 19.7 Å². The molecule has 0 fully saturated rings. The Labute approximate surface area is 282 Å². The van der Waals surface area contributed by atoms with Crippen LogP contribution < -0.4 is 15.4 Å². The van der Waals surface area contributed by atoms with Crippen LogP contribution in [0.2, 0.25) is 0 Å². The van der Waals surface area contributed by atoms with Crippen molar-refractivity contribution in [2.24, 2.45) is 5.92 Å². The number of carboxylic acid groups (broad SMARTS) is 1. The topological polar surface area (TPSA) is 185 Å². The summed E-state index contributed by atoms with van der Waals surface area (Å²) in [5.74, 6) is -2.45. The summed E-state index contributed by atoms with van der Waals surface area (Å²) in [7, 11) is -1.68. The molecule has 0 heterocycles. The summed E-state index contributed by atoms with van der Waals surface area (Å²) in [6, 6.07) is 20.5. The van der Waals surface area contributed by atoms with Gasteiger partial charge < -0.3 is 15.7 Å². The van der Waals surface area contributed by atoms with E-state index in [0.717, 1.165) is 27.2 Å². The minimum atomic E-state index is -3.77. The van der Waals surface area contributed by atoms with E-state index in [9.17, 15) is 38.0 Å². The summed E-state index contributed by atoms with van der Waals surface area (Å²) in [5.41, 5.74) is 0.589. The molecule has 3 atom stereocenters. The second-order valence-electron chi connectivity index (χ2n) is 11.0. The first kappa shape index (κ1) is 37.5. The van der Waals surface area contributed by atoms with Crippen molar-refractivity contribution in [3.63, 3.8) is 0 Å². The van der Waals surface area contributed by atoms with Crippen molar-refractivity contribution in [1.82, 2.24) is 15.4 Å². The van der Waals surface area contributed by atoms with E-state index in [4.69, 9.17) is 0 Å². The molecule has 3 aromatic carbocycles. The molecule has 0 aromatic heterocycles. The molecule has 3 aromatic rings. The lowest BCUT2D eigenvalue weighted by atomic mass is 10.0. The number of aliphatic carboxylic acids is 1. The number of carbonyl (C=O) groups is 3. The van der Waals surface area contributed by atoms with E-state index in [-0.39, 0.29) is 48.7 Å². The maximum Gasteiger partial charge on any atom is 0.326 e. The summed E-state index contributed by atoms with van der Waals surface area (Å²) in [4.78, 5) is 50.6. The van der Waals surface area contributed by atoms with Crippen LogP contribution in [0.1, 0.15) is 38.7 Å². The predicted octanol–water partition coefficient (Wildman–Crippen LogP) is 4.81. The fourth-order valence-corrected chi connectivity index (χ4v) is 8.21. The van der Waals surface area contributed by atoms with Gasteiger partial charge in [-0.1, -0.05) is 85.3 Å². The molecule has 252 valence electrons. The first-order valence-electron chi connectivity index (χ1n) is 14.9. The number of nitrogens with one attached hydrogen (secondary N) is 3. The van der Waals surface area contributed by atoms with E-state index in [1.807, 2.05) is 13.8 Å². The highest BCUT2D eigenvalue weighted by Crippen LogP contribution is 2.40. The summed E-state index contributed by atoms with van der Waals surface area (Å²) < 4.78 is 27.8. The Kier molecular flexibility index (Phi) is 14.7. The number of nitro benzene ring substituents is 1. The molecule has 15 heteroatoms. The number of para-hydroxylation sites is 1. The Morgan fingerprint density at radius 1 is 0.872 bits per heavy atom. The fraction of sp³-hybridized carbons (Fsp3) is 0.344. The van der Waals surface area contributed by atoms with Crippen LogP contribution in [-0.2, 0) is 30.8 Å². The fourth-order valence-electron chi connectivity index (χ4n) is 4.48. The molecule has 0 aliphatic rings. The van der Waals surface area contributed by atoms with Crippen molar-refractivity contribution in [2.45, 2.75) is 66.7 Å². The van der Waals surface area contributed by atoms with Gasteiger partial charge in [0.05, 0.1) is 20.0 Å². The Hall–Kier alpha value is -3.92. The van der Waals surface area contributed by atoms with E-state index in [1.54, 1.807) is 60.7 Å². The molecule has 4 N–H and O–H groups in total. The standard InChI is InChI=1S/C32H38N4O8S3/c1-22(2)20-25(30(37)35-26(32(39)40)21-23-12-5-3-6-13-23)34-31(38)29(46-45-28-17-10-9-16-27(28)36(41)42)18-11-19-33-47(43,44)24-14-7-4-8-15-24/h3-10,12-17,22,25-26,29,33H,11,18-21H2,1-2H3,(H,34,38)(H,35,37)(H,39,40)/t25?,26-,29?/m0/s1. The van der Waals surface area contributed by atoms with Crippen molar-refractivity contribution >= 4 is 55.1 Å². The van der Waals surface area contributed by atoms with Gasteiger partial charge in [0.25, 0.3) is 5.69 Å². The third-order valence-electron chi connectivity index (χ3n) is 6.83. The third kappa shape index (κ3) is 12.3. The van der Waals surface area contributed by atoms with Gasteiger partial charge in [0.15, 0.2) is 0 Å². The monoisotopic (exact) mass is 702 g/mol. The highest BCUT2D eigenvalue weighted by Gasteiger charge is 2.30. The van der Waals surface area contributed by atoms with E-state index in [0.29, 0.717) is 4.90 Å². The zero-order chi connectivity index (χ0) is 34.4. The lowest BCUT2D eigenvalue weighted by molar-refractivity contribution is -0.387. The number of sulfonamides is 1. The highest BCUT2D eigenvalue weighted by atomic mass is 33.1. The number of nitrogens with zero attached hydrogens (tertiary/aromatic N) is 1. The van der Waals surface area contributed by atoms with Crippen molar-refractivity contribution in [2.75, 3.05) is 6.54 Å². The lowest BCUT2D eigenvalue weighted by Crippen LogP contribution is -2.53. The van der Waals surface area contributed by atoms with Gasteiger partial charge in [-0.25, -0.2) is 17.9 Å². The molecule has 0 saturated heterocycles. The Balaban J connectivity index is 1.75. The van der Waals surface area contributed by atoms with Crippen molar-refractivity contribution in [3.05, 3.63) is 101 Å². The number of hydrogen-bond donors (Lipinski definition) is 4. The Morgan fingerprint density at radius 3 is 2.09 bits per heavy atom. The van der Waals surface area contributed by atoms with Gasteiger partial charge in [-0.2, -0.15) is 0 Å². The van der Waals surface area contributed by atoms with Gasteiger partial charge >= 0.3 is 5.97 Å². The molecule has 0 radical (unpaired) electrons. The van der Waals surface area contributed by atoms with Crippen LogP contribution in [0.5, 0.6) is 0 Å². The molecule has 2 amide bonds. The summed E-state index contributed by atoms with van der Waals surface area (Å²) in [5, 5.41) is 25.8. The first-order valence-corrected chi connectivity index (χ1v) is 18.6. The number of nitro groups is 1. The smallest absolute Gasteiger partial charge is 0.326 e. The molecule has 12 nitrogen and oxygen atoms in total. The van der Waals surface area contributed by atoms with Crippen molar-refractivity contribution in [3.8, 4) is 0 Å². The molecule has 0 aliphatic carbocycles. The van der Waals surface area contributed by atoms with Crippen LogP contribution in [0.15, 0.2) is 94.7 Å². The van der Waals surface area contributed by atoms with Crippen LogP contribution >= 0.6 is 21.6 Å². The van der Waals surface area contributed by atoms with E-state index in [1.165, 1.54) is 24.3 Å². The number of carboxylic acids is 1. The lowest BCUT2D eigenvalue weighted by Gasteiger charge is -2.25. The van der Waals surface area contributed by atoms with Crippen LogP contribution in [0, 0.1) is 16.0 Å². The minimum Gasteiger partial charge on any atom is -0.480 e. The predicted molar refractivity (Wildman–Crippen MR) is 182 cm³/mol. The molecular weight excluding hydrogens is 665 g/mol. The van der Waals surface area contributed by atoms with Gasteiger partial charge in [-0.05, 0) is 59.7 Å². The number of rotatable bonds is 19. The summed E-state index contributed by atoms with van der Waals surface area (Å²) in [6.45, 7) is 3.74. The number of carbonyl (C=O) groups excluding carboxylic acids is 2. The van der Waals surface area contributed by atoms with Gasteiger partial charge in [0, 0.05) is 19.0 Å². The minimum absolute atomic E-state index is 0.0212. The quantitative estimate of drug-likeness (QED) is 0.0585. The molecule has 0 saturated carbocycles. The Morgan fingerprint density at radius 2 is 1.47 bits per heavy atom. The third-order valence-corrected chi connectivity index (χ3v) is 11.1. The van der Waals surface area contributed by atoms with E-state index >= 15 is 0 Å². The maximum atomic E-state index is 13.7. The van der Waals surface area contributed by atoms with Crippen molar-refractivity contribution < 1.29 is 32.8 Å². The number of hydrogen-bond acceptors (Lipinski definition) is 9. The maximum absolute atomic E-state index is 13.7. The highest BCUT2D eigenvalue weighted by molar-refractivity contribution is 8.77. The number of benzene rings is 3. The molecular formula is C32H38N4O8S3. The molecule has 0 bridgehead atoms. The van der Waals surface area contributed by atoms with Gasteiger partial charge in [0.1, 0.15) is 12.1 Å². The zero-order valence-corrected chi connectivity index (χ0v) is 28.4. The summed E-state index contributed by atoms with van der Waals surface area (Å²) in [6.07, 6.45) is 0.686. The molecule has 0 spiro atoms. The van der Waals surface area contributed by atoms with E-state index < -0.39 is 50.1 Å². The molecule has 47 heavy (non-hydrogen) atoms. The molecule has 0 aliphatic heterocycles. The Bertz CT molecular complexity index is 1610. The first-order chi connectivity index (χ1) is 22.4. The average molecular weight is 703 g/mol. The van der Waals surface area contributed by atoms with Crippen LogP contribution in [0.25, 0.3) is 0 Å². The average Bonchev–Trinajstić information content (AvgIpc) is 3.04. The van der Waals surface area contributed by atoms with Crippen molar-refractivity contribution in [1.29, 1.82) is 0 Å². The van der Waals surface area contributed by atoms with Crippen LogP contribution in [0.4, 0.5) is 5.69 Å². The molecule has 3 rings (SSSR count). The zero-order valence-electron chi connectivity index (χ0n) is 25.9. The molecule has 2 unspecified atom stereocenters. The van der Waals surface area contributed by atoms with Gasteiger partial charge in [0.2, 0.25) is 21.8 Å². The largest absolute Gasteiger partial charge is 0.480 e. The summed E-state index contributed by atoms with van der Waals surface area (Å²) >= 11 is 0. The van der Waals surface area contributed by atoms with Crippen LogP contribution in [0.3, 0.4) is 0 Å².